The highest BCUT2D eigenvalue weighted by atomic mass is 16.5. The van der Waals surface area contributed by atoms with E-state index in [0.29, 0.717) is 25.1 Å². The number of ether oxygens (including phenoxy) is 1. The molecule has 0 aromatic heterocycles. The molecule has 0 fully saturated rings. The fraction of sp³-hybridized carbons (Fsp3) is 0.300. The lowest BCUT2D eigenvalue weighted by Crippen LogP contribution is -2.26. The molecule has 0 radical (unpaired) electrons. The number of carbonyl (C=O) groups excluding carboxylic acids is 1. The van der Waals surface area contributed by atoms with Gasteiger partial charge in [-0.25, -0.2) is 4.79 Å². The molecule has 0 aliphatic heterocycles. The molecule has 0 aliphatic rings. The Morgan fingerprint density at radius 2 is 1.76 bits per heavy atom. The average Bonchev–Trinajstić information content (AvgIpc) is 2.61. The number of aryl methyl sites for hydroxylation is 1. The van der Waals surface area contributed by atoms with Crippen LogP contribution in [-0.4, -0.2) is 35.5 Å². The highest BCUT2D eigenvalue weighted by Crippen LogP contribution is 2.15. The molecule has 0 bridgehead atoms. The molecule has 2 rings (SSSR count). The molecule has 1 N–H and O–H groups in total. The molecular weight excluding hydrogens is 318 g/mol. The van der Waals surface area contributed by atoms with Gasteiger partial charge in [0.15, 0.2) is 0 Å². The summed E-state index contributed by atoms with van der Waals surface area (Å²) < 4.78 is 5.40. The topological polar surface area (TPSA) is 66.8 Å². The quantitative estimate of drug-likeness (QED) is 0.799. The van der Waals surface area contributed by atoms with Gasteiger partial charge in [0.1, 0.15) is 5.75 Å². The zero-order valence-electron chi connectivity index (χ0n) is 14.6. The molecule has 0 saturated carbocycles. The maximum absolute atomic E-state index is 12.3. The highest BCUT2D eigenvalue weighted by Gasteiger charge is 2.13. The molecule has 1 amide bonds. The fourth-order valence-electron chi connectivity index (χ4n) is 2.60. The van der Waals surface area contributed by atoms with Crippen LogP contribution in [-0.2, 0) is 17.8 Å². The van der Waals surface area contributed by atoms with Crippen LogP contribution in [0.4, 0.5) is 0 Å². The first-order valence-corrected chi connectivity index (χ1v) is 8.28. The van der Waals surface area contributed by atoms with Gasteiger partial charge in [0.2, 0.25) is 5.91 Å². The van der Waals surface area contributed by atoms with Gasteiger partial charge in [0, 0.05) is 20.0 Å². The minimum absolute atomic E-state index is 0.0194. The molecule has 0 heterocycles. The Hall–Kier alpha value is -2.82. The Labute approximate surface area is 147 Å². The summed E-state index contributed by atoms with van der Waals surface area (Å²) in [4.78, 5) is 25.2. The van der Waals surface area contributed by atoms with Crippen LogP contribution in [0.15, 0.2) is 48.5 Å². The minimum Gasteiger partial charge on any atom is -0.494 e. The van der Waals surface area contributed by atoms with E-state index in [9.17, 15) is 14.7 Å². The fourth-order valence-corrected chi connectivity index (χ4v) is 2.60. The van der Waals surface area contributed by atoms with Crippen molar-refractivity contribution in [1.29, 1.82) is 0 Å². The first-order valence-electron chi connectivity index (χ1n) is 8.28. The third-order valence-corrected chi connectivity index (χ3v) is 3.94. The van der Waals surface area contributed by atoms with Crippen molar-refractivity contribution in [3.63, 3.8) is 0 Å². The Kier molecular flexibility index (Phi) is 6.57. The molecule has 2 aromatic rings. The summed E-state index contributed by atoms with van der Waals surface area (Å²) in [5.41, 5.74) is 1.95. The normalized spacial score (nSPS) is 10.3. The largest absolute Gasteiger partial charge is 0.494 e. The van der Waals surface area contributed by atoms with Crippen molar-refractivity contribution in [3.05, 3.63) is 65.2 Å². The van der Waals surface area contributed by atoms with Gasteiger partial charge >= 0.3 is 5.97 Å². The van der Waals surface area contributed by atoms with Gasteiger partial charge in [-0.1, -0.05) is 30.3 Å². The first kappa shape index (κ1) is 18.5. The maximum atomic E-state index is 12.3. The van der Waals surface area contributed by atoms with Crippen LogP contribution in [0.25, 0.3) is 0 Å². The van der Waals surface area contributed by atoms with Crippen LogP contribution in [0.3, 0.4) is 0 Å². The number of carboxylic acids is 1. The van der Waals surface area contributed by atoms with Gasteiger partial charge < -0.3 is 14.7 Å². The summed E-state index contributed by atoms with van der Waals surface area (Å²) in [6.45, 7) is 3.06. The second-order valence-corrected chi connectivity index (χ2v) is 5.79. The van der Waals surface area contributed by atoms with Crippen molar-refractivity contribution in [2.75, 3.05) is 13.7 Å². The highest BCUT2D eigenvalue weighted by molar-refractivity contribution is 5.89. The second-order valence-electron chi connectivity index (χ2n) is 5.79. The number of carboxylic acid groups (broad SMARTS) is 1. The van der Waals surface area contributed by atoms with Crippen molar-refractivity contribution >= 4 is 11.9 Å². The molecule has 0 saturated heterocycles. The van der Waals surface area contributed by atoms with E-state index in [0.717, 1.165) is 11.3 Å². The number of nitrogens with zero attached hydrogens (tertiary/aromatic N) is 1. The van der Waals surface area contributed by atoms with Gasteiger partial charge in [-0.3, -0.25) is 4.79 Å². The van der Waals surface area contributed by atoms with Crippen molar-refractivity contribution in [1.82, 2.24) is 4.90 Å². The molecule has 25 heavy (non-hydrogen) atoms. The zero-order valence-corrected chi connectivity index (χ0v) is 14.6. The summed E-state index contributed by atoms with van der Waals surface area (Å²) in [6.07, 6.45) is 0.687. The van der Waals surface area contributed by atoms with Crippen molar-refractivity contribution < 1.29 is 19.4 Å². The lowest BCUT2D eigenvalue weighted by atomic mass is 10.0. The van der Waals surface area contributed by atoms with Crippen molar-refractivity contribution in [2.45, 2.75) is 26.3 Å². The number of hydrogen-bond donors (Lipinski definition) is 1. The Bertz CT molecular complexity index is 725. The average molecular weight is 341 g/mol. The van der Waals surface area contributed by atoms with E-state index in [2.05, 4.69) is 0 Å². The van der Waals surface area contributed by atoms with Crippen LogP contribution in [0, 0.1) is 0 Å². The lowest BCUT2D eigenvalue weighted by Gasteiger charge is -2.18. The summed E-state index contributed by atoms with van der Waals surface area (Å²) in [7, 11) is 1.75. The SMILES string of the molecule is CCOc1ccc(CN(C)C(=O)CCc2ccccc2C(=O)O)cc1. The number of rotatable bonds is 8. The van der Waals surface area contributed by atoms with E-state index < -0.39 is 5.97 Å². The number of carbonyl (C=O) groups is 2. The lowest BCUT2D eigenvalue weighted by molar-refractivity contribution is -0.130. The van der Waals surface area contributed by atoms with E-state index in [4.69, 9.17) is 4.74 Å². The van der Waals surface area contributed by atoms with Gasteiger partial charge in [-0.15, -0.1) is 0 Å². The molecule has 0 unspecified atom stereocenters. The molecule has 0 aliphatic carbocycles. The maximum Gasteiger partial charge on any atom is 0.335 e. The van der Waals surface area contributed by atoms with Crippen LogP contribution >= 0.6 is 0 Å². The zero-order chi connectivity index (χ0) is 18.2. The number of hydrogen-bond acceptors (Lipinski definition) is 3. The number of benzene rings is 2. The smallest absolute Gasteiger partial charge is 0.335 e. The van der Waals surface area contributed by atoms with Crippen LogP contribution in [0.1, 0.15) is 34.8 Å². The monoisotopic (exact) mass is 341 g/mol. The van der Waals surface area contributed by atoms with E-state index in [1.807, 2.05) is 31.2 Å². The van der Waals surface area contributed by atoms with Crippen LogP contribution in [0.2, 0.25) is 0 Å². The summed E-state index contributed by atoms with van der Waals surface area (Å²) >= 11 is 0. The van der Waals surface area contributed by atoms with Crippen molar-refractivity contribution in [3.8, 4) is 5.75 Å². The molecule has 5 nitrogen and oxygen atoms in total. The van der Waals surface area contributed by atoms with Gasteiger partial charge in [0.05, 0.1) is 12.2 Å². The predicted octanol–water partition coefficient (Wildman–Crippen LogP) is 3.37. The first-order chi connectivity index (χ1) is 12.0. The minimum atomic E-state index is -0.967. The molecule has 132 valence electrons. The standard InChI is InChI=1S/C20H23NO4/c1-3-25-17-11-8-15(9-12-17)14-21(2)19(22)13-10-16-6-4-5-7-18(16)20(23)24/h4-9,11-12H,3,10,13-14H2,1-2H3,(H,23,24). The number of amides is 1. The van der Waals surface area contributed by atoms with E-state index in [1.54, 1.807) is 36.2 Å². The third-order valence-electron chi connectivity index (χ3n) is 3.94. The molecular formula is C20H23NO4. The summed E-state index contributed by atoms with van der Waals surface area (Å²) in [5, 5.41) is 9.19. The molecule has 0 spiro atoms. The van der Waals surface area contributed by atoms with Crippen LogP contribution in [0.5, 0.6) is 5.75 Å². The van der Waals surface area contributed by atoms with Gasteiger partial charge in [-0.2, -0.15) is 0 Å². The second kappa shape index (κ2) is 8.87. The Balaban J connectivity index is 1.91. The Morgan fingerprint density at radius 1 is 1.08 bits per heavy atom. The van der Waals surface area contributed by atoms with E-state index >= 15 is 0 Å². The third kappa shape index (κ3) is 5.35. The number of aromatic carboxylic acids is 1. The van der Waals surface area contributed by atoms with Gasteiger partial charge in [0.25, 0.3) is 0 Å². The van der Waals surface area contributed by atoms with E-state index in [-0.39, 0.29) is 17.9 Å². The molecule has 5 heteroatoms. The van der Waals surface area contributed by atoms with E-state index in [1.165, 1.54) is 0 Å². The van der Waals surface area contributed by atoms with Crippen molar-refractivity contribution in [2.24, 2.45) is 0 Å². The molecule has 2 aromatic carbocycles. The molecule has 0 atom stereocenters. The van der Waals surface area contributed by atoms with Gasteiger partial charge in [-0.05, 0) is 42.7 Å². The summed E-state index contributed by atoms with van der Waals surface area (Å²) in [5.74, 6) is -0.176. The Morgan fingerprint density at radius 3 is 2.40 bits per heavy atom. The predicted molar refractivity (Wildman–Crippen MR) is 95.8 cm³/mol. The summed E-state index contributed by atoms with van der Waals surface area (Å²) in [6, 6.07) is 14.4. The van der Waals surface area contributed by atoms with Crippen LogP contribution < -0.4 is 4.74 Å².